The number of amides is 1. The quantitative estimate of drug-likeness (QED) is 0.676. The van der Waals surface area contributed by atoms with Crippen molar-refractivity contribution in [2.75, 3.05) is 19.7 Å². The van der Waals surface area contributed by atoms with Crippen molar-refractivity contribution in [3.05, 3.63) is 0 Å². The van der Waals surface area contributed by atoms with Crippen molar-refractivity contribution in [3.8, 4) is 0 Å². The molecule has 0 unspecified atom stereocenters. The Labute approximate surface area is 98.0 Å². The lowest BCUT2D eigenvalue weighted by Crippen LogP contribution is -2.38. The fraction of sp³-hybridized carbons (Fsp3) is 0.833. The van der Waals surface area contributed by atoms with Gasteiger partial charge in [-0.2, -0.15) is 0 Å². The summed E-state index contributed by atoms with van der Waals surface area (Å²) in [4.78, 5) is 24.6. The molecule has 0 rings (SSSR count). The third kappa shape index (κ3) is 6.43. The van der Waals surface area contributed by atoms with E-state index in [4.69, 9.17) is 4.74 Å². The molecule has 0 atom stereocenters. The van der Waals surface area contributed by atoms with Gasteiger partial charge in [-0.1, -0.05) is 20.8 Å². The van der Waals surface area contributed by atoms with E-state index in [1.54, 1.807) is 6.92 Å². The lowest BCUT2D eigenvalue weighted by Gasteiger charge is -2.24. The van der Waals surface area contributed by atoms with Crippen molar-refractivity contribution in [3.63, 3.8) is 0 Å². The van der Waals surface area contributed by atoms with Crippen molar-refractivity contribution in [2.45, 2.75) is 41.0 Å². The van der Waals surface area contributed by atoms with Crippen LogP contribution in [0.15, 0.2) is 0 Å². The highest BCUT2D eigenvalue weighted by Crippen LogP contribution is 2.19. The molecule has 16 heavy (non-hydrogen) atoms. The fourth-order valence-corrected chi connectivity index (χ4v) is 1.30. The summed E-state index contributed by atoms with van der Waals surface area (Å²) < 4.78 is 4.82. The molecule has 0 saturated carbocycles. The predicted molar refractivity (Wildman–Crippen MR) is 63.0 cm³/mol. The molecule has 1 amide bonds. The van der Waals surface area contributed by atoms with Gasteiger partial charge in [0.1, 0.15) is 6.54 Å². The molecule has 0 saturated heterocycles. The fourth-order valence-electron chi connectivity index (χ4n) is 1.30. The van der Waals surface area contributed by atoms with Crippen LogP contribution in [0.2, 0.25) is 0 Å². The predicted octanol–water partition coefficient (Wildman–Crippen LogP) is 1.83. The zero-order valence-electron chi connectivity index (χ0n) is 11.0. The monoisotopic (exact) mass is 229 g/mol. The van der Waals surface area contributed by atoms with E-state index in [9.17, 15) is 9.59 Å². The van der Waals surface area contributed by atoms with Gasteiger partial charge in [-0.25, -0.2) is 0 Å². The third-order valence-electron chi connectivity index (χ3n) is 2.04. The van der Waals surface area contributed by atoms with Crippen LogP contribution in [0.5, 0.6) is 0 Å². The maximum Gasteiger partial charge on any atom is 0.325 e. The number of hydrogen-bond acceptors (Lipinski definition) is 3. The number of ether oxygens (including phenoxy) is 1. The molecule has 0 aromatic carbocycles. The Morgan fingerprint density at radius 3 is 2.12 bits per heavy atom. The Bertz CT molecular complexity index is 243. The Balaban J connectivity index is 4.27. The van der Waals surface area contributed by atoms with Gasteiger partial charge in [-0.3, -0.25) is 9.59 Å². The standard InChI is InChI=1S/C12H23NO3/c1-6-13(9-11(15)16-7-2)10(14)8-12(3,4)5/h6-9H2,1-5H3. The van der Waals surface area contributed by atoms with Crippen LogP contribution in [0, 0.1) is 5.41 Å². The van der Waals surface area contributed by atoms with E-state index in [1.165, 1.54) is 4.90 Å². The van der Waals surface area contributed by atoms with Crippen molar-refractivity contribution in [2.24, 2.45) is 5.41 Å². The Morgan fingerprint density at radius 2 is 1.75 bits per heavy atom. The van der Waals surface area contributed by atoms with E-state index in [0.717, 1.165) is 0 Å². The summed E-state index contributed by atoms with van der Waals surface area (Å²) in [5.41, 5.74) is -0.0564. The van der Waals surface area contributed by atoms with Crippen LogP contribution in [-0.4, -0.2) is 36.5 Å². The Kier molecular flexibility index (Phi) is 6.08. The van der Waals surface area contributed by atoms with Gasteiger partial charge >= 0.3 is 5.97 Å². The summed E-state index contributed by atoms with van der Waals surface area (Å²) in [5, 5.41) is 0. The molecule has 0 heterocycles. The molecule has 0 aliphatic rings. The first-order valence-corrected chi connectivity index (χ1v) is 5.73. The highest BCUT2D eigenvalue weighted by atomic mass is 16.5. The van der Waals surface area contributed by atoms with Crippen LogP contribution >= 0.6 is 0 Å². The van der Waals surface area contributed by atoms with Crippen LogP contribution < -0.4 is 0 Å². The van der Waals surface area contributed by atoms with Crippen molar-refractivity contribution < 1.29 is 14.3 Å². The minimum Gasteiger partial charge on any atom is -0.465 e. The van der Waals surface area contributed by atoms with Gasteiger partial charge in [0.15, 0.2) is 0 Å². The summed E-state index contributed by atoms with van der Waals surface area (Å²) >= 11 is 0. The van der Waals surface area contributed by atoms with Crippen LogP contribution in [0.1, 0.15) is 41.0 Å². The first-order valence-electron chi connectivity index (χ1n) is 5.73. The van der Waals surface area contributed by atoms with Gasteiger partial charge in [0.2, 0.25) is 5.91 Å². The largest absolute Gasteiger partial charge is 0.465 e. The smallest absolute Gasteiger partial charge is 0.325 e. The number of likely N-dealkylation sites (N-methyl/N-ethyl adjacent to an activating group) is 1. The third-order valence-corrected chi connectivity index (χ3v) is 2.04. The number of nitrogens with zero attached hydrogens (tertiary/aromatic N) is 1. The second kappa shape index (κ2) is 6.51. The molecule has 4 nitrogen and oxygen atoms in total. The molecule has 0 aliphatic heterocycles. The molecule has 0 aliphatic carbocycles. The van der Waals surface area contributed by atoms with E-state index in [0.29, 0.717) is 19.6 Å². The highest BCUT2D eigenvalue weighted by Gasteiger charge is 2.22. The van der Waals surface area contributed by atoms with E-state index in [2.05, 4.69) is 0 Å². The molecule has 0 aromatic rings. The SMILES string of the molecule is CCOC(=O)CN(CC)C(=O)CC(C)(C)C. The highest BCUT2D eigenvalue weighted by molar-refractivity contribution is 5.82. The molecule has 4 heteroatoms. The lowest BCUT2D eigenvalue weighted by molar-refractivity contribution is -0.149. The second-order valence-corrected chi connectivity index (χ2v) is 4.95. The molecule has 0 aromatic heterocycles. The minimum atomic E-state index is -0.341. The van der Waals surface area contributed by atoms with E-state index in [-0.39, 0.29) is 23.8 Å². The zero-order chi connectivity index (χ0) is 12.8. The molecule has 0 spiro atoms. The van der Waals surface area contributed by atoms with Crippen LogP contribution in [0.3, 0.4) is 0 Å². The number of carbonyl (C=O) groups is 2. The van der Waals surface area contributed by atoms with E-state index >= 15 is 0 Å². The number of esters is 1. The van der Waals surface area contributed by atoms with Gasteiger partial charge in [-0.05, 0) is 19.3 Å². The molecule has 0 bridgehead atoms. The van der Waals surface area contributed by atoms with Gasteiger partial charge in [-0.15, -0.1) is 0 Å². The number of rotatable bonds is 5. The summed E-state index contributed by atoms with van der Waals surface area (Å²) in [5.74, 6) is -0.338. The van der Waals surface area contributed by atoms with E-state index in [1.807, 2.05) is 27.7 Å². The van der Waals surface area contributed by atoms with E-state index < -0.39 is 0 Å². The molecular weight excluding hydrogens is 206 g/mol. The average molecular weight is 229 g/mol. The van der Waals surface area contributed by atoms with Crippen molar-refractivity contribution in [1.29, 1.82) is 0 Å². The second-order valence-electron chi connectivity index (χ2n) is 4.95. The Hall–Kier alpha value is -1.06. The first-order chi connectivity index (χ1) is 7.30. The van der Waals surface area contributed by atoms with Crippen LogP contribution in [0.25, 0.3) is 0 Å². The van der Waals surface area contributed by atoms with Gasteiger partial charge < -0.3 is 9.64 Å². The summed E-state index contributed by atoms with van der Waals surface area (Å²) in [6.45, 7) is 10.6. The van der Waals surface area contributed by atoms with Gasteiger partial charge in [0.25, 0.3) is 0 Å². The van der Waals surface area contributed by atoms with Crippen molar-refractivity contribution >= 4 is 11.9 Å². The summed E-state index contributed by atoms with van der Waals surface area (Å²) in [6, 6.07) is 0. The minimum absolute atomic E-state index is 0.00283. The topological polar surface area (TPSA) is 46.6 Å². The zero-order valence-corrected chi connectivity index (χ0v) is 11.0. The average Bonchev–Trinajstić information content (AvgIpc) is 2.11. The Morgan fingerprint density at radius 1 is 1.19 bits per heavy atom. The van der Waals surface area contributed by atoms with Gasteiger partial charge in [0.05, 0.1) is 6.61 Å². The number of hydrogen-bond donors (Lipinski definition) is 0. The maximum atomic E-state index is 11.8. The van der Waals surface area contributed by atoms with Crippen molar-refractivity contribution in [1.82, 2.24) is 4.90 Å². The van der Waals surface area contributed by atoms with Crippen LogP contribution in [0.4, 0.5) is 0 Å². The molecular formula is C12H23NO3. The normalized spacial score (nSPS) is 11.1. The molecule has 0 radical (unpaired) electrons. The molecule has 94 valence electrons. The molecule has 0 N–H and O–H groups in total. The summed E-state index contributed by atoms with van der Waals surface area (Å²) in [6.07, 6.45) is 0.445. The maximum absolute atomic E-state index is 11.8. The number of carbonyl (C=O) groups excluding carboxylic acids is 2. The van der Waals surface area contributed by atoms with Crippen LogP contribution in [-0.2, 0) is 14.3 Å². The first kappa shape index (κ1) is 14.9. The van der Waals surface area contributed by atoms with Gasteiger partial charge in [0, 0.05) is 13.0 Å². The summed E-state index contributed by atoms with van der Waals surface area (Å²) in [7, 11) is 0. The lowest BCUT2D eigenvalue weighted by atomic mass is 9.91. The molecule has 0 fully saturated rings.